The molecule has 2 unspecified atom stereocenters. The Bertz CT molecular complexity index is 394. The second kappa shape index (κ2) is 6.50. The molecule has 1 aliphatic rings. The fourth-order valence-corrected chi connectivity index (χ4v) is 2.40. The van der Waals surface area contributed by atoms with E-state index < -0.39 is 0 Å². The molecule has 5 heteroatoms. The lowest BCUT2D eigenvalue weighted by Gasteiger charge is -2.27. The SMILES string of the molecule is Cc1cc(NC(C)CC2COCCN2)cnc1Br. The fraction of sp³-hybridized carbons (Fsp3) is 0.615. The lowest BCUT2D eigenvalue weighted by molar-refractivity contribution is 0.0731. The van der Waals surface area contributed by atoms with Crippen LogP contribution in [0.1, 0.15) is 18.9 Å². The molecule has 18 heavy (non-hydrogen) atoms. The Kier molecular flexibility index (Phi) is 4.97. The van der Waals surface area contributed by atoms with Gasteiger partial charge >= 0.3 is 0 Å². The summed E-state index contributed by atoms with van der Waals surface area (Å²) < 4.78 is 6.36. The Morgan fingerprint density at radius 3 is 3.17 bits per heavy atom. The minimum absolute atomic E-state index is 0.395. The van der Waals surface area contributed by atoms with Gasteiger partial charge in [-0.25, -0.2) is 4.98 Å². The van der Waals surface area contributed by atoms with Crippen molar-refractivity contribution in [1.29, 1.82) is 0 Å². The highest BCUT2D eigenvalue weighted by Gasteiger charge is 2.16. The molecule has 0 saturated carbocycles. The van der Waals surface area contributed by atoms with Crippen molar-refractivity contribution in [2.75, 3.05) is 25.1 Å². The molecular formula is C13H20BrN3O. The molecule has 1 saturated heterocycles. The van der Waals surface area contributed by atoms with E-state index in [4.69, 9.17) is 4.74 Å². The molecule has 1 aromatic heterocycles. The molecule has 0 aliphatic carbocycles. The average molecular weight is 314 g/mol. The van der Waals surface area contributed by atoms with Crippen molar-refractivity contribution in [3.63, 3.8) is 0 Å². The quantitative estimate of drug-likeness (QED) is 0.838. The van der Waals surface area contributed by atoms with Crippen molar-refractivity contribution in [3.05, 3.63) is 22.4 Å². The van der Waals surface area contributed by atoms with Crippen molar-refractivity contribution in [1.82, 2.24) is 10.3 Å². The number of pyridine rings is 1. The highest BCUT2D eigenvalue weighted by atomic mass is 79.9. The van der Waals surface area contributed by atoms with Gasteiger partial charge in [0.25, 0.3) is 0 Å². The molecule has 0 amide bonds. The van der Waals surface area contributed by atoms with Crippen LogP contribution in [0.25, 0.3) is 0 Å². The number of morpholine rings is 1. The predicted octanol–water partition coefficient (Wildman–Crippen LogP) is 2.33. The maximum atomic E-state index is 5.46. The van der Waals surface area contributed by atoms with E-state index in [1.807, 2.05) is 13.1 Å². The van der Waals surface area contributed by atoms with Crippen molar-refractivity contribution in [2.45, 2.75) is 32.4 Å². The van der Waals surface area contributed by atoms with E-state index in [2.05, 4.69) is 44.5 Å². The fourth-order valence-electron chi connectivity index (χ4n) is 2.18. The van der Waals surface area contributed by atoms with Gasteiger partial charge in [0.2, 0.25) is 0 Å². The van der Waals surface area contributed by atoms with Crippen LogP contribution < -0.4 is 10.6 Å². The summed E-state index contributed by atoms with van der Waals surface area (Å²) in [6.07, 6.45) is 2.91. The molecule has 0 bridgehead atoms. The van der Waals surface area contributed by atoms with Crippen LogP contribution in [0.2, 0.25) is 0 Å². The predicted molar refractivity (Wildman–Crippen MR) is 77.0 cm³/mol. The maximum absolute atomic E-state index is 5.46. The van der Waals surface area contributed by atoms with Gasteiger partial charge in [-0.2, -0.15) is 0 Å². The molecule has 2 heterocycles. The lowest BCUT2D eigenvalue weighted by atomic mass is 10.1. The van der Waals surface area contributed by atoms with Gasteiger partial charge < -0.3 is 15.4 Å². The van der Waals surface area contributed by atoms with Crippen molar-refractivity contribution in [3.8, 4) is 0 Å². The smallest absolute Gasteiger partial charge is 0.109 e. The lowest BCUT2D eigenvalue weighted by Crippen LogP contribution is -2.43. The van der Waals surface area contributed by atoms with Gasteiger partial charge in [0.1, 0.15) is 4.60 Å². The van der Waals surface area contributed by atoms with Crippen molar-refractivity contribution >= 4 is 21.6 Å². The monoisotopic (exact) mass is 313 g/mol. The van der Waals surface area contributed by atoms with Crippen LogP contribution in [-0.2, 0) is 4.74 Å². The van der Waals surface area contributed by atoms with E-state index in [1.165, 1.54) is 0 Å². The summed E-state index contributed by atoms with van der Waals surface area (Å²) in [5.74, 6) is 0. The first kappa shape index (κ1) is 13.8. The molecule has 1 fully saturated rings. The van der Waals surface area contributed by atoms with E-state index >= 15 is 0 Å². The van der Waals surface area contributed by atoms with E-state index in [9.17, 15) is 0 Å². The standard InChI is InChI=1S/C13H20BrN3O/c1-9-5-11(7-16-13(9)14)17-10(2)6-12-8-18-4-3-15-12/h5,7,10,12,15,17H,3-4,6,8H2,1-2H3. The molecule has 2 N–H and O–H groups in total. The molecule has 0 spiro atoms. The molecule has 0 aromatic carbocycles. The summed E-state index contributed by atoms with van der Waals surface area (Å²) >= 11 is 3.41. The number of aromatic nitrogens is 1. The van der Waals surface area contributed by atoms with Crippen molar-refractivity contribution in [2.24, 2.45) is 0 Å². The highest BCUT2D eigenvalue weighted by Crippen LogP contribution is 2.18. The largest absolute Gasteiger partial charge is 0.381 e. The molecule has 1 aliphatic heterocycles. The number of nitrogens with zero attached hydrogens (tertiary/aromatic N) is 1. The summed E-state index contributed by atoms with van der Waals surface area (Å²) in [5, 5.41) is 6.95. The van der Waals surface area contributed by atoms with Gasteiger partial charge in [0.05, 0.1) is 25.1 Å². The number of halogens is 1. The van der Waals surface area contributed by atoms with Gasteiger partial charge in [-0.15, -0.1) is 0 Å². The minimum Gasteiger partial charge on any atom is -0.381 e. The number of hydrogen-bond acceptors (Lipinski definition) is 4. The van der Waals surface area contributed by atoms with Crippen LogP contribution in [0.15, 0.2) is 16.9 Å². The van der Waals surface area contributed by atoms with Crippen LogP contribution in [0.4, 0.5) is 5.69 Å². The Morgan fingerprint density at radius 1 is 1.67 bits per heavy atom. The number of hydrogen-bond donors (Lipinski definition) is 2. The third kappa shape index (κ3) is 3.93. The van der Waals surface area contributed by atoms with Crippen LogP contribution in [0.5, 0.6) is 0 Å². The maximum Gasteiger partial charge on any atom is 0.109 e. The Morgan fingerprint density at radius 2 is 2.50 bits per heavy atom. The Hall–Kier alpha value is -0.650. The van der Waals surface area contributed by atoms with E-state index in [1.54, 1.807) is 0 Å². The number of rotatable bonds is 4. The second-order valence-electron chi connectivity index (χ2n) is 4.84. The molecule has 4 nitrogen and oxygen atoms in total. The second-order valence-corrected chi connectivity index (χ2v) is 5.59. The van der Waals surface area contributed by atoms with Crippen molar-refractivity contribution < 1.29 is 4.74 Å². The summed E-state index contributed by atoms with van der Waals surface area (Å²) in [5.41, 5.74) is 2.21. The van der Waals surface area contributed by atoms with Gasteiger partial charge in [0, 0.05) is 18.6 Å². The third-order valence-electron chi connectivity index (χ3n) is 3.06. The third-order valence-corrected chi connectivity index (χ3v) is 3.89. The Labute approximate surface area is 117 Å². The topological polar surface area (TPSA) is 46.2 Å². The van der Waals surface area contributed by atoms with Crippen LogP contribution >= 0.6 is 15.9 Å². The zero-order valence-corrected chi connectivity index (χ0v) is 12.5. The van der Waals surface area contributed by atoms with E-state index in [0.29, 0.717) is 12.1 Å². The average Bonchev–Trinajstić information content (AvgIpc) is 2.35. The molecule has 2 rings (SSSR count). The first-order chi connectivity index (χ1) is 8.65. The normalized spacial score (nSPS) is 21.6. The number of nitrogens with one attached hydrogen (secondary N) is 2. The van der Waals surface area contributed by atoms with Gasteiger partial charge in [-0.3, -0.25) is 0 Å². The zero-order chi connectivity index (χ0) is 13.0. The summed E-state index contributed by atoms with van der Waals surface area (Å²) in [6.45, 7) is 6.82. The number of aryl methyl sites for hydroxylation is 1. The zero-order valence-electron chi connectivity index (χ0n) is 10.9. The summed E-state index contributed by atoms with van der Waals surface area (Å²) in [7, 11) is 0. The van der Waals surface area contributed by atoms with Crippen LogP contribution in [0.3, 0.4) is 0 Å². The number of anilines is 1. The van der Waals surface area contributed by atoms with E-state index in [-0.39, 0.29) is 0 Å². The van der Waals surface area contributed by atoms with Crippen LogP contribution in [-0.4, -0.2) is 36.8 Å². The minimum atomic E-state index is 0.395. The summed E-state index contributed by atoms with van der Waals surface area (Å²) in [4.78, 5) is 4.29. The molecule has 100 valence electrons. The highest BCUT2D eigenvalue weighted by molar-refractivity contribution is 9.10. The van der Waals surface area contributed by atoms with Gasteiger partial charge in [-0.1, -0.05) is 0 Å². The number of ether oxygens (including phenoxy) is 1. The van der Waals surface area contributed by atoms with Gasteiger partial charge in [0.15, 0.2) is 0 Å². The molecule has 1 aromatic rings. The Balaban J connectivity index is 1.85. The van der Waals surface area contributed by atoms with E-state index in [0.717, 1.165) is 42.0 Å². The molecule has 2 atom stereocenters. The molecular weight excluding hydrogens is 294 g/mol. The summed E-state index contributed by atoms with van der Waals surface area (Å²) in [6, 6.07) is 2.95. The van der Waals surface area contributed by atoms with Gasteiger partial charge in [-0.05, 0) is 47.8 Å². The molecule has 0 radical (unpaired) electrons. The first-order valence-electron chi connectivity index (χ1n) is 6.35. The van der Waals surface area contributed by atoms with Crippen LogP contribution in [0, 0.1) is 6.92 Å². The first-order valence-corrected chi connectivity index (χ1v) is 7.14.